The summed E-state index contributed by atoms with van der Waals surface area (Å²) < 4.78 is 82.5. The van der Waals surface area contributed by atoms with Crippen LogP contribution >= 0.6 is 0 Å². The molecule has 0 saturated carbocycles. The number of hydrogen-bond acceptors (Lipinski definition) is 4. The molecule has 2 aromatic heterocycles. The molecule has 0 unspecified atom stereocenters. The molecule has 0 fully saturated rings. The number of aryl methyl sites for hydroxylation is 1. The van der Waals surface area contributed by atoms with E-state index in [-0.39, 0.29) is 22.9 Å². The number of nitrogens with zero attached hydrogens (tertiary/aromatic N) is 3. The molecule has 152 valence electrons. The van der Waals surface area contributed by atoms with Crippen LogP contribution in [0.15, 0.2) is 53.5 Å². The lowest BCUT2D eigenvalue weighted by Gasteiger charge is -2.12. The van der Waals surface area contributed by atoms with Crippen LogP contribution in [0.3, 0.4) is 0 Å². The number of halogens is 6. The molecule has 0 saturated heterocycles. The first kappa shape index (κ1) is 20.4. The van der Waals surface area contributed by atoms with Crippen LogP contribution in [0.1, 0.15) is 16.8 Å². The van der Waals surface area contributed by atoms with Gasteiger partial charge in [-0.25, -0.2) is 0 Å². The van der Waals surface area contributed by atoms with Crippen molar-refractivity contribution in [3.8, 4) is 17.3 Å². The summed E-state index contributed by atoms with van der Waals surface area (Å²) in [5, 5.41) is 3.92. The summed E-state index contributed by atoms with van der Waals surface area (Å²) in [6.07, 6.45) is -8.32. The van der Waals surface area contributed by atoms with Gasteiger partial charge in [-0.3, -0.25) is 9.78 Å². The van der Waals surface area contributed by atoms with Crippen molar-refractivity contribution in [2.75, 3.05) is 0 Å². The van der Waals surface area contributed by atoms with Gasteiger partial charge in [-0.1, -0.05) is 0 Å². The summed E-state index contributed by atoms with van der Waals surface area (Å²) in [5.41, 5.74) is -2.49. The van der Waals surface area contributed by atoms with E-state index in [0.29, 0.717) is 6.07 Å². The molecule has 0 aliphatic heterocycles. The van der Waals surface area contributed by atoms with Gasteiger partial charge in [0.25, 0.3) is 5.56 Å². The van der Waals surface area contributed by atoms with Gasteiger partial charge in [-0.05, 0) is 37.3 Å². The summed E-state index contributed by atoms with van der Waals surface area (Å²) in [7, 11) is 0. The van der Waals surface area contributed by atoms with Crippen molar-refractivity contribution in [3.63, 3.8) is 0 Å². The van der Waals surface area contributed by atoms with E-state index in [9.17, 15) is 31.1 Å². The SMILES string of the molecule is Cc1cc(=O)n(-c2ccc(C(F)(F)F)cc2)nc1Oc1ccnc(C(F)(F)F)c1. The highest BCUT2D eigenvalue weighted by molar-refractivity contribution is 5.37. The van der Waals surface area contributed by atoms with E-state index in [4.69, 9.17) is 4.74 Å². The minimum absolute atomic E-state index is 0.0264. The number of rotatable bonds is 3. The number of alkyl halides is 6. The summed E-state index contributed by atoms with van der Waals surface area (Å²) in [6, 6.07) is 6.59. The highest BCUT2D eigenvalue weighted by Crippen LogP contribution is 2.32. The van der Waals surface area contributed by atoms with Gasteiger partial charge < -0.3 is 4.74 Å². The lowest BCUT2D eigenvalue weighted by Crippen LogP contribution is -2.21. The van der Waals surface area contributed by atoms with Gasteiger partial charge in [0, 0.05) is 23.9 Å². The zero-order valence-corrected chi connectivity index (χ0v) is 14.5. The molecule has 29 heavy (non-hydrogen) atoms. The number of benzene rings is 1. The van der Waals surface area contributed by atoms with Crippen molar-refractivity contribution in [2.24, 2.45) is 0 Å². The molecule has 1 aromatic carbocycles. The number of pyridine rings is 1. The van der Waals surface area contributed by atoms with Gasteiger partial charge in [0.2, 0.25) is 5.88 Å². The third kappa shape index (κ3) is 4.55. The van der Waals surface area contributed by atoms with Crippen LogP contribution < -0.4 is 10.3 Å². The maximum atomic E-state index is 12.8. The minimum atomic E-state index is -4.68. The fraction of sp³-hybridized carbons (Fsp3) is 0.167. The molecule has 0 bridgehead atoms. The molecule has 0 aliphatic carbocycles. The van der Waals surface area contributed by atoms with Crippen LogP contribution in [0, 0.1) is 6.92 Å². The van der Waals surface area contributed by atoms with Crippen LogP contribution in [0.4, 0.5) is 26.3 Å². The Bertz CT molecular complexity index is 1090. The van der Waals surface area contributed by atoms with Gasteiger partial charge in [0.1, 0.15) is 11.4 Å². The average molecular weight is 415 g/mol. The quantitative estimate of drug-likeness (QED) is 0.579. The van der Waals surface area contributed by atoms with E-state index in [1.165, 1.54) is 13.0 Å². The van der Waals surface area contributed by atoms with E-state index < -0.39 is 29.2 Å². The van der Waals surface area contributed by atoms with Crippen molar-refractivity contribution in [1.29, 1.82) is 0 Å². The number of aromatic nitrogens is 3. The molecule has 5 nitrogen and oxygen atoms in total. The molecule has 0 amide bonds. The highest BCUT2D eigenvalue weighted by atomic mass is 19.4. The molecule has 2 heterocycles. The standard InChI is InChI=1S/C18H11F6N3O2/c1-10-8-15(28)27(12-4-2-11(3-5-12)17(19,20)21)26-16(10)29-13-6-7-25-14(9-13)18(22,23)24/h2-9H,1H3. The highest BCUT2D eigenvalue weighted by Gasteiger charge is 2.33. The molecular weight excluding hydrogens is 404 g/mol. The largest absolute Gasteiger partial charge is 0.437 e. The minimum Gasteiger partial charge on any atom is -0.437 e. The first-order valence-corrected chi connectivity index (χ1v) is 7.95. The Morgan fingerprint density at radius 3 is 2.17 bits per heavy atom. The summed E-state index contributed by atoms with van der Waals surface area (Å²) in [5.74, 6) is -0.413. The molecular formula is C18H11F6N3O2. The van der Waals surface area contributed by atoms with Gasteiger partial charge >= 0.3 is 12.4 Å². The van der Waals surface area contributed by atoms with Crippen molar-refractivity contribution in [1.82, 2.24) is 14.8 Å². The maximum Gasteiger partial charge on any atom is 0.433 e. The predicted molar refractivity (Wildman–Crippen MR) is 88.9 cm³/mol. The molecule has 0 spiro atoms. The topological polar surface area (TPSA) is 57.0 Å². The first-order valence-electron chi connectivity index (χ1n) is 7.95. The second kappa shape index (κ2) is 7.22. The normalized spacial score (nSPS) is 12.1. The second-order valence-corrected chi connectivity index (χ2v) is 5.90. The Morgan fingerprint density at radius 1 is 0.931 bits per heavy atom. The van der Waals surface area contributed by atoms with E-state index in [1.807, 2.05) is 0 Å². The Morgan fingerprint density at radius 2 is 1.59 bits per heavy atom. The fourth-order valence-corrected chi connectivity index (χ4v) is 2.35. The summed E-state index contributed by atoms with van der Waals surface area (Å²) >= 11 is 0. The fourth-order valence-electron chi connectivity index (χ4n) is 2.35. The van der Waals surface area contributed by atoms with Crippen molar-refractivity contribution >= 4 is 0 Å². The molecule has 0 atom stereocenters. The first-order chi connectivity index (χ1) is 13.4. The van der Waals surface area contributed by atoms with Gasteiger partial charge in [-0.2, -0.15) is 31.0 Å². The third-order valence-corrected chi connectivity index (χ3v) is 3.75. The van der Waals surface area contributed by atoms with Crippen LogP contribution in [0.5, 0.6) is 11.6 Å². The third-order valence-electron chi connectivity index (χ3n) is 3.75. The predicted octanol–water partition coefficient (Wildman–Crippen LogP) is 4.77. The number of hydrogen-bond donors (Lipinski definition) is 0. The molecule has 0 N–H and O–H groups in total. The average Bonchev–Trinajstić information content (AvgIpc) is 2.63. The summed E-state index contributed by atoms with van der Waals surface area (Å²) in [6.45, 7) is 1.45. The second-order valence-electron chi connectivity index (χ2n) is 5.90. The van der Waals surface area contributed by atoms with Crippen LogP contribution in [0.2, 0.25) is 0 Å². The molecule has 0 radical (unpaired) electrons. The van der Waals surface area contributed by atoms with Crippen molar-refractivity contribution < 1.29 is 31.1 Å². The van der Waals surface area contributed by atoms with Gasteiger partial charge in [-0.15, -0.1) is 5.10 Å². The van der Waals surface area contributed by atoms with Crippen LogP contribution in [0.25, 0.3) is 5.69 Å². The maximum absolute atomic E-state index is 12.8. The monoisotopic (exact) mass is 415 g/mol. The summed E-state index contributed by atoms with van der Waals surface area (Å²) in [4.78, 5) is 15.4. The lowest BCUT2D eigenvalue weighted by atomic mass is 10.2. The Balaban J connectivity index is 1.98. The van der Waals surface area contributed by atoms with Gasteiger partial charge in [0.15, 0.2) is 0 Å². The smallest absolute Gasteiger partial charge is 0.433 e. The van der Waals surface area contributed by atoms with E-state index in [1.54, 1.807) is 0 Å². The zero-order chi connectivity index (χ0) is 21.4. The van der Waals surface area contributed by atoms with Crippen molar-refractivity contribution in [3.05, 3.63) is 75.8 Å². The molecule has 3 aromatic rings. The Hall–Kier alpha value is -3.37. The van der Waals surface area contributed by atoms with Gasteiger partial charge in [0.05, 0.1) is 11.3 Å². The molecule has 11 heteroatoms. The van der Waals surface area contributed by atoms with Crippen molar-refractivity contribution in [2.45, 2.75) is 19.3 Å². The molecule has 3 rings (SSSR count). The Kier molecular flexibility index (Phi) is 5.07. The Labute approximate surface area is 159 Å². The van der Waals surface area contributed by atoms with E-state index >= 15 is 0 Å². The van der Waals surface area contributed by atoms with E-state index in [0.717, 1.165) is 41.2 Å². The lowest BCUT2D eigenvalue weighted by molar-refractivity contribution is -0.141. The zero-order valence-electron chi connectivity index (χ0n) is 14.5. The van der Waals surface area contributed by atoms with E-state index in [2.05, 4.69) is 10.1 Å². The number of ether oxygens (including phenoxy) is 1. The van der Waals surface area contributed by atoms with Crippen LogP contribution in [-0.4, -0.2) is 14.8 Å². The van der Waals surface area contributed by atoms with Crippen LogP contribution in [-0.2, 0) is 12.4 Å². The molecule has 0 aliphatic rings.